The van der Waals surface area contributed by atoms with Gasteiger partial charge in [0.1, 0.15) is 0 Å². The summed E-state index contributed by atoms with van der Waals surface area (Å²) in [5.41, 5.74) is -0.449. The molecule has 2 aromatic carbocycles. The fourth-order valence-corrected chi connectivity index (χ4v) is 2.25. The molecule has 0 radical (unpaired) electrons. The molecule has 0 unspecified atom stereocenters. The Hall–Kier alpha value is -2.08. The molecular weight excluding hydrogens is 261 g/mol. The summed E-state index contributed by atoms with van der Waals surface area (Å²) in [4.78, 5) is 11.7. The molecule has 0 aliphatic carbocycles. The van der Waals surface area contributed by atoms with E-state index in [1.54, 1.807) is 18.2 Å². The van der Waals surface area contributed by atoms with Gasteiger partial charge in [0, 0.05) is 10.9 Å². The van der Waals surface area contributed by atoms with E-state index in [-0.39, 0.29) is 10.9 Å². The zero-order chi connectivity index (χ0) is 13.8. The maximum atomic E-state index is 13.0. The van der Waals surface area contributed by atoms with Crippen LogP contribution in [0.1, 0.15) is 15.9 Å². The summed E-state index contributed by atoms with van der Waals surface area (Å²) in [6.07, 6.45) is -5.11. The van der Waals surface area contributed by atoms with Crippen LogP contribution in [0.25, 0.3) is 10.8 Å². The summed E-state index contributed by atoms with van der Waals surface area (Å²) in [5, 5.41) is 10.3. The summed E-state index contributed by atoms with van der Waals surface area (Å²) in [6, 6.07) is 8.52. The molecule has 6 heteroatoms. The lowest BCUT2D eigenvalue weighted by Gasteiger charge is -2.34. The smallest absolute Gasteiger partial charge is 0.415 e. The average Bonchev–Trinajstić information content (AvgIpc) is 2.34. The Bertz CT molecular complexity index is 688. The van der Waals surface area contributed by atoms with Gasteiger partial charge in [-0.3, -0.25) is 0 Å². The van der Waals surface area contributed by atoms with Crippen LogP contribution in [0.5, 0.6) is 0 Å². The number of hydrogen-bond acceptors (Lipinski definition) is 3. The van der Waals surface area contributed by atoms with Gasteiger partial charge in [-0.25, -0.2) is 4.79 Å². The van der Waals surface area contributed by atoms with E-state index in [2.05, 4.69) is 4.74 Å². The number of ether oxygens (including phenoxy) is 1. The first kappa shape index (κ1) is 12.0. The van der Waals surface area contributed by atoms with Crippen LogP contribution < -0.4 is 0 Å². The summed E-state index contributed by atoms with van der Waals surface area (Å²) >= 11 is 0. The fourth-order valence-electron chi connectivity index (χ4n) is 2.25. The van der Waals surface area contributed by atoms with Crippen molar-refractivity contribution in [2.45, 2.75) is 12.0 Å². The Labute approximate surface area is 105 Å². The van der Waals surface area contributed by atoms with Gasteiger partial charge in [0.15, 0.2) is 0 Å². The fraction of sp³-hybridized carbons (Fsp3) is 0.154. The van der Waals surface area contributed by atoms with Crippen molar-refractivity contribution in [1.82, 2.24) is 0 Å². The van der Waals surface area contributed by atoms with Gasteiger partial charge in [-0.1, -0.05) is 30.3 Å². The third kappa shape index (κ3) is 1.46. The molecule has 1 aliphatic heterocycles. The van der Waals surface area contributed by atoms with Crippen molar-refractivity contribution in [3.8, 4) is 0 Å². The van der Waals surface area contributed by atoms with Gasteiger partial charge in [-0.2, -0.15) is 13.2 Å². The van der Waals surface area contributed by atoms with Gasteiger partial charge in [-0.15, -0.1) is 0 Å². The highest BCUT2D eigenvalue weighted by molar-refractivity contribution is 6.08. The van der Waals surface area contributed by atoms with E-state index in [1.807, 2.05) is 0 Å². The van der Waals surface area contributed by atoms with Crippen molar-refractivity contribution in [1.29, 1.82) is 0 Å². The van der Waals surface area contributed by atoms with Gasteiger partial charge in [0.05, 0.1) is 5.56 Å². The van der Waals surface area contributed by atoms with E-state index in [4.69, 9.17) is 0 Å². The van der Waals surface area contributed by atoms with Gasteiger partial charge in [-0.05, 0) is 11.5 Å². The number of benzene rings is 2. The molecule has 0 saturated heterocycles. The predicted octanol–water partition coefficient (Wildman–Crippen LogP) is 2.72. The summed E-state index contributed by atoms with van der Waals surface area (Å²) in [5.74, 6) is -4.79. The monoisotopic (exact) mass is 268 g/mol. The van der Waals surface area contributed by atoms with Crippen molar-refractivity contribution >= 4 is 16.7 Å². The van der Waals surface area contributed by atoms with Crippen molar-refractivity contribution in [2.24, 2.45) is 0 Å². The topological polar surface area (TPSA) is 46.5 Å². The maximum absolute atomic E-state index is 13.0. The standard InChI is InChI=1S/C13H7F3O3/c14-13(15,16)12(18)9-6-2-4-7-3-1-5-8(10(7)9)11(17)19-12/h1-6,18H/t12-/m1/s1. The number of halogens is 3. The predicted molar refractivity (Wildman–Crippen MR) is 59.3 cm³/mol. The van der Waals surface area contributed by atoms with Crippen LogP contribution in [0.2, 0.25) is 0 Å². The number of esters is 1. The second kappa shape index (κ2) is 3.48. The summed E-state index contributed by atoms with van der Waals surface area (Å²) in [7, 11) is 0. The highest BCUT2D eigenvalue weighted by atomic mass is 19.4. The molecule has 0 saturated carbocycles. The number of carbonyl (C=O) groups is 1. The number of aliphatic hydroxyl groups is 1. The Balaban J connectivity index is 2.45. The lowest BCUT2D eigenvalue weighted by molar-refractivity contribution is -0.355. The first-order valence-corrected chi connectivity index (χ1v) is 5.39. The lowest BCUT2D eigenvalue weighted by Crippen LogP contribution is -2.48. The lowest BCUT2D eigenvalue weighted by atomic mass is 9.91. The molecule has 3 rings (SSSR count). The quantitative estimate of drug-likeness (QED) is 0.747. The number of rotatable bonds is 0. The van der Waals surface area contributed by atoms with Crippen LogP contribution >= 0.6 is 0 Å². The zero-order valence-electron chi connectivity index (χ0n) is 9.36. The third-order valence-electron chi connectivity index (χ3n) is 3.11. The van der Waals surface area contributed by atoms with Gasteiger partial charge in [0.2, 0.25) is 0 Å². The van der Waals surface area contributed by atoms with E-state index in [9.17, 15) is 23.1 Å². The van der Waals surface area contributed by atoms with Crippen LogP contribution in [0.3, 0.4) is 0 Å². The molecule has 0 bridgehead atoms. The van der Waals surface area contributed by atoms with Gasteiger partial charge >= 0.3 is 17.9 Å². The van der Waals surface area contributed by atoms with Crippen LogP contribution in [0.15, 0.2) is 36.4 Å². The zero-order valence-corrected chi connectivity index (χ0v) is 9.36. The first-order chi connectivity index (χ1) is 8.84. The van der Waals surface area contributed by atoms with Crippen LogP contribution in [-0.4, -0.2) is 17.3 Å². The van der Waals surface area contributed by atoms with E-state index >= 15 is 0 Å². The summed E-state index contributed by atoms with van der Waals surface area (Å²) in [6.45, 7) is 0. The Morgan fingerprint density at radius 2 is 1.74 bits per heavy atom. The van der Waals surface area contributed by atoms with Crippen LogP contribution in [0, 0.1) is 0 Å². The third-order valence-corrected chi connectivity index (χ3v) is 3.11. The van der Waals surface area contributed by atoms with Crippen molar-refractivity contribution in [2.75, 3.05) is 0 Å². The van der Waals surface area contributed by atoms with Crippen LogP contribution in [0.4, 0.5) is 13.2 Å². The molecule has 3 nitrogen and oxygen atoms in total. The van der Waals surface area contributed by atoms with E-state index in [1.165, 1.54) is 12.1 Å². The maximum Gasteiger partial charge on any atom is 0.460 e. The molecular formula is C13H7F3O3. The minimum Gasteiger partial charge on any atom is -0.415 e. The average molecular weight is 268 g/mol. The minimum absolute atomic E-state index is 0.0158. The molecule has 0 fully saturated rings. The van der Waals surface area contributed by atoms with Crippen LogP contribution in [-0.2, 0) is 10.5 Å². The largest absolute Gasteiger partial charge is 0.460 e. The van der Waals surface area contributed by atoms with Crippen molar-refractivity contribution < 1.29 is 27.8 Å². The number of cyclic esters (lactones) is 1. The molecule has 1 N–H and O–H groups in total. The molecule has 1 heterocycles. The molecule has 2 aromatic rings. The van der Waals surface area contributed by atoms with Crippen molar-refractivity contribution in [3.05, 3.63) is 47.5 Å². The van der Waals surface area contributed by atoms with Gasteiger partial charge in [0.25, 0.3) is 0 Å². The summed E-state index contributed by atoms with van der Waals surface area (Å²) < 4.78 is 43.2. The molecule has 1 atom stereocenters. The van der Waals surface area contributed by atoms with E-state index in [0.717, 1.165) is 6.07 Å². The molecule has 0 amide bonds. The van der Waals surface area contributed by atoms with E-state index in [0.29, 0.717) is 5.39 Å². The normalized spacial score (nSPS) is 22.4. The molecule has 1 aliphatic rings. The molecule has 19 heavy (non-hydrogen) atoms. The van der Waals surface area contributed by atoms with Gasteiger partial charge < -0.3 is 9.84 Å². The minimum atomic E-state index is -5.11. The second-order valence-corrected chi connectivity index (χ2v) is 4.24. The number of alkyl halides is 3. The number of hydrogen-bond donors (Lipinski definition) is 1. The van der Waals surface area contributed by atoms with E-state index < -0.39 is 23.5 Å². The second-order valence-electron chi connectivity index (χ2n) is 4.24. The molecule has 98 valence electrons. The SMILES string of the molecule is O=C1O[C@@](O)(C(F)(F)F)c2cccc3cccc1c23. The highest BCUT2D eigenvalue weighted by Crippen LogP contribution is 2.46. The highest BCUT2D eigenvalue weighted by Gasteiger charge is 2.61. The Morgan fingerprint density at radius 3 is 2.37 bits per heavy atom. The molecule has 0 spiro atoms. The first-order valence-electron chi connectivity index (χ1n) is 5.39. The number of carbonyl (C=O) groups excluding carboxylic acids is 1. The Kier molecular flexibility index (Phi) is 2.19. The van der Waals surface area contributed by atoms with Crippen molar-refractivity contribution in [3.63, 3.8) is 0 Å². The molecule has 0 aromatic heterocycles. The Morgan fingerprint density at radius 1 is 1.11 bits per heavy atom.